The zero-order valence-corrected chi connectivity index (χ0v) is 15.3. The Hall–Kier alpha value is -2.04. The molecule has 1 atom stereocenters. The lowest BCUT2D eigenvalue weighted by atomic mass is 10.1. The van der Waals surface area contributed by atoms with Crippen molar-refractivity contribution in [3.63, 3.8) is 0 Å². The largest absolute Gasteiger partial charge is 0.323 e. The van der Waals surface area contributed by atoms with E-state index in [4.69, 9.17) is 23.2 Å². The molecule has 1 heterocycles. The highest BCUT2D eigenvalue weighted by Crippen LogP contribution is 2.32. The van der Waals surface area contributed by atoms with E-state index in [2.05, 4.69) is 5.32 Å². The van der Waals surface area contributed by atoms with E-state index < -0.39 is 5.92 Å². The second-order valence-corrected chi connectivity index (χ2v) is 6.79. The van der Waals surface area contributed by atoms with E-state index in [1.165, 1.54) is 0 Å². The molecule has 0 aromatic heterocycles. The summed E-state index contributed by atoms with van der Waals surface area (Å²) in [6.45, 7) is 2.40. The van der Waals surface area contributed by atoms with Crippen LogP contribution in [0.5, 0.6) is 0 Å². The Bertz CT molecular complexity index is 803. The molecule has 0 aliphatic carbocycles. The number of anilines is 2. The number of nitrogens with zero attached hydrogens (tertiary/aromatic N) is 1. The van der Waals surface area contributed by atoms with Crippen molar-refractivity contribution >= 4 is 46.4 Å². The number of nitrogens with one attached hydrogen (secondary N) is 1. The van der Waals surface area contributed by atoms with Crippen molar-refractivity contribution < 1.29 is 9.59 Å². The molecule has 130 valence electrons. The highest BCUT2D eigenvalue weighted by Gasteiger charge is 2.36. The molecular weight excluding hydrogens is 359 g/mol. The van der Waals surface area contributed by atoms with Crippen LogP contribution in [0.3, 0.4) is 0 Å². The molecule has 0 radical (unpaired) electrons. The molecule has 2 aromatic rings. The van der Waals surface area contributed by atoms with Crippen molar-refractivity contribution in [2.24, 2.45) is 5.92 Å². The zero-order chi connectivity index (χ0) is 18.0. The smallest absolute Gasteiger partial charge is 0.229 e. The Balaban J connectivity index is 1.77. The molecule has 1 saturated heterocycles. The van der Waals surface area contributed by atoms with E-state index in [9.17, 15) is 9.59 Å². The van der Waals surface area contributed by atoms with Crippen LogP contribution >= 0.6 is 23.2 Å². The van der Waals surface area contributed by atoms with Crippen LogP contribution < -0.4 is 10.2 Å². The number of hydrogen-bond donors (Lipinski definition) is 1. The maximum absolute atomic E-state index is 12.6. The lowest BCUT2D eigenvalue weighted by Gasteiger charge is -2.20. The van der Waals surface area contributed by atoms with Crippen LogP contribution in [0.25, 0.3) is 0 Å². The molecule has 1 fully saturated rings. The highest BCUT2D eigenvalue weighted by atomic mass is 35.5. The standard InChI is InChI=1S/C19H18Cl2N2O2/c1-2-12-6-3-4-9-16(12)23-11-13(10-17(23)24)19(25)22-18-14(20)7-5-8-15(18)21/h3-9,13H,2,10-11H2,1H3,(H,22,25). The molecule has 1 aliphatic rings. The van der Waals surface area contributed by atoms with E-state index in [1.54, 1.807) is 23.1 Å². The summed E-state index contributed by atoms with van der Waals surface area (Å²) in [7, 11) is 0. The van der Waals surface area contributed by atoms with Crippen LogP contribution in [0.2, 0.25) is 10.0 Å². The van der Waals surface area contributed by atoms with Gasteiger partial charge in [0.1, 0.15) is 0 Å². The Morgan fingerprint density at radius 2 is 1.84 bits per heavy atom. The summed E-state index contributed by atoms with van der Waals surface area (Å²) < 4.78 is 0. The number of rotatable bonds is 4. The first kappa shape index (κ1) is 17.8. The minimum atomic E-state index is -0.440. The Kier molecular flexibility index (Phi) is 5.30. The van der Waals surface area contributed by atoms with Gasteiger partial charge in [0.25, 0.3) is 0 Å². The lowest BCUT2D eigenvalue weighted by molar-refractivity contribution is -0.122. The average molecular weight is 377 g/mol. The average Bonchev–Trinajstić information content (AvgIpc) is 3.00. The Morgan fingerprint density at radius 3 is 2.52 bits per heavy atom. The molecular formula is C19H18Cl2N2O2. The number of para-hydroxylation sites is 2. The van der Waals surface area contributed by atoms with Crippen molar-refractivity contribution in [3.05, 3.63) is 58.1 Å². The van der Waals surface area contributed by atoms with Gasteiger partial charge in [-0.3, -0.25) is 9.59 Å². The van der Waals surface area contributed by atoms with Gasteiger partial charge >= 0.3 is 0 Å². The van der Waals surface area contributed by atoms with Gasteiger partial charge in [0, 0.05) is 18.7 Å². The lowest BCUT2D eigenvalue weighted by Crippen LogP contribution is -2.28. The van der Waals surface area contributed by atoms with E-state index in [0.717, 1.165) is 17.7 Å². The van der Waals surface area contributed by atoms with Crippen molar-refractivity contribution in [2.75, 3.05) is 16.8 Å². The fourth-order valence-corrected chi connectivity index (χ4v) is 3.52. The SMILES string of the molecule is CCc1ccccc1N1CC(C(=O)Nc2c(Cl)cccc2Cl)CC1=O. The molecule has 1 aliphatic heterocycles. The predicted molar refractivity (Wildman–Crippen MR) is 101 cm³/mol. The van der Waals surface area contributed by atoms with Crippen LogP contribution in [0.15, 0.2) is 42.5 Å². The number of carbonyl (C=O) groups is 2. The van der Waals surface area contributed by atoms with Gasteiger partial charge in [-0.1, -0.05) is 54.4 Å². The van der Waals surface area contributed by atoms with Gasteiger partial charge in [-0.05, 0) is 30.2 Å². The molecule has 0 spiro atoms. The molecule has 2 aromatic carbocycles. The summed E-state index contributed by atoms with van der Waals surface area (Å²) in [5.41, 5.74) is 2.35. The van der Waals surface area contributed by atoms with Crippen molar-refractivity contribution in [1.29, 1.82) is 0 Å². The molecule has 0 saturated carbocycles. The van der Waals surface area contributed by atoms with E-state index in [-0.39, 0.29) is 18.2 Å². The summed E-state index contributed by atoms with van der Waals surface area (Å²) in [5.74, 6) is -0.740. The number of amides is 2. The van der Waals surface area contributed by atoms with Crippen LogP contribution in [-0.4, -0.2) is 18.4 Å². The summed E-state index contributed by atoms with van der Waals surface area (Å²) >= 11 is 12.2. The fraction of sp³-hybridized carbons (Fsp3) is 0.263. The molecule has 1 unspecified atom stereocenters. The molecule has 1 N–H and O–H groups in total. The quantitative estimate of drug-likeness (QED) is 0.850. The van der Waals surface area contributed by atoms with Gasteiger partial charge in [-0.25, -0.2) is 0 Å². The van der Waals surface area contributed by atoms with Gasteiger partial charge in [-0.2, -0.15) is 0 Å². The monoisotopic (exact) mass is 376 g/mol. The maximum Gasteiger partial charge on any atom is 0.229 e. The highest BCUT2D eigenvalue weighted by molar-refractivity contribution is 6.39. The summed E-state index contributed by atoms with van der Waals surface area (Å²) in [4.78, 5) is 26.7. The Labute approximate surface area is 156 Å². The summed E-state index contributed by atoms with van der Waals surface area (Å²) in [6.07, 6.45) is 0.998. The first-order chi connectivity index (χ1) is 12.0. The summed E-state index contributed by atoms with van der Waals surface area (Å²) in [5, 5.41) is 3.51. The van der Waals surface area contributed by atoms with Gasteiger partial charge < -0.3 is 10.2 Å². The molecule has 6 heteroatoms. The third kappa shape index (κ3) is 3.65. The number of halogens is 2. The second kappa shape index (κ2) is 7.46. The normalized spacial score (nSPS) is 17.0. The van der Waals surface area contributed by atoms with Crippen molar-refractivity contribution in [2.45, 2.75) is 19.8 Å². The Morgan fingerprint density at radius 1 is 1.16 bits per heavy atom. The summed E-state index contributed by atoms with van der Waals surface area (Å²) in [6, 6.07) is 12.8. The van der Waals surface area contributed by atoms with Crippen LogP contribution in [0.4, 0.5) is 11.4 Å². The number of benzene rings is 2. The third-order valence-corrected chi connectivity index (χ3v) is 5.00. The van der Waals surface area contributed by atoms with Crippen LogP contribution in [0.1, 0.15) is 18.9 Å². The number of hydrogen-bond acceptors (Lipinski definition) is 2. The van der Waals surface area contributed by atoms with Crippen LogP contribution in [-0.2, 0) is 16.0 Å². The first-order valence-electron chi connectivity index (χ1n) is 8.14. The first-order valence-corrected chi connectivity index (χ1v) is 8.90. The topological polar surface area (TPSA) is 49.4 Å². The molecule has 25 heavy (non-hydrogen) atoms. The molecule has 4 nitrogen and oxygen atoms in total. The van der Waals surface area contributed by atoms with Crippen LogP contribution in [0, 0.1) is 5.92 Å². The number of carbonyl (C=O) groups excluding carboxylic acids is 2. The minimum Gasteiger partial charge on any atom is -0.323 e. The van der Waals surface area contributed by atoms with Gasteiger partial charge in [0.05, 0.1) is 21.7 Å². The molecule has 2 amide bonds. The third-order valence-electron chi connectivity index (χ3n) is 4.37. The predicted octanol–water partition coefficient (Wildman–Crippen LogP) is 4.55. The second-order valence-electron chi connectivity index (χ2n) is 5.97. The van der Waals surface area contributed by atoms with E-state index in [0.29, 0.717) is 22.3 Å². The maximum atomic E-state index is 12.6. The van der Waals surface area contributed by atoms with Gasteiger partial charge in [0.15, 0.2) is 0 Å². The van der Waals surface area contributed by atoms with Crippen molar-refractivity contribution in [3.8, 4) is 0 Å². The van der Waals surface area contributed by atoms with E-state index >= 15 is 0 Å². The molecule has 0 bridgehead atoms. The van der Waals surface area contributed by atoms with E-state index in [1.807, 2.05) is 31.2 Å². The fourth-order valence-electron chi connectivity index (χ4n) is 3.03. The van der Waals surface area contributed by atoms with Crippen molar-refractivity contribution in [1.82, 2.24) is 0 Å². The zero-order valence-electron chi connectivity index (χ0n) is 13.8. The number of aryl methyl sites for hydroxylation is 1. The van der Waals surface area contributed by atoms with Gasteiger partial charge in [-0.15, -0.1) is 0 Å². The van der Waals surface area contributed by atoms with Gasteiger partial charge in [0.2, 0.25) is 11.8 Å². The minimum absolute atomic E-state index is 0.0497. The molecule has 3 rings (SSSR count).